The van der Waals surface area contributed by atoms with Crippen LogP contribution >= 0.6 is 0 Å². The maximum absolute atomic E-state index is 0. The summed E-state index contributed by atoms with van der Waals surface area (Å²) in [6.45, 7) is 0. The Hall–Kier alpha value is 1.61. The molecule has 4 heavy (non-hydrogen) atoms. The molecule has 0 saturated carbocycles. The van der Waals surface area contributed by atoms with Crippen LogP contribution in [-0.4, -0.2) is 17.4 Å². The van der Waals surface area contributed by atoms with Gasteiger partial charge in [0.2, 0.25) is 0 Å². The molecule has 1 nitrogen and oxygen atoms in total. The van der Waals surface area contributed by atoms with E-state index in [0.29, 0.717) is 0 Å². The predicted octanol–water partition coefficient (Wildman–Crippen LogP) is -4.19. The van der Waals surface area contributed by atoms with Crippen LogP contribution in [0.1, 0.15) is 1.43 Å². The summed E-state index contributed by atoms with van der Waals surface area (Å²) < 4.78 is 0. The van der Waals surface area contributed by atoms with Crippen molar-refractivity contribution in [2.75, 3.05) is 0 Å². The Morgan fingerprint density at radius 2 is 1.25 bits per heavy atom. The maximum atomic E-state index is 0. The van der Waals surface area contributed by atoms with Crippen molar-refractivity contribution in [3.05, 3.63) is 0 Å². The molecular weight excluding hydrogens is 105 g/mol. The van der Waals surface area contributed by atoms with Gasteiger partial charge >= 0.3 is 35.9 Å². The fourth-order valence-electron chi connectivity index (χ4n) is 0. The first-order valence-electron chi connectivity index (χ1n) is 0. The van der Waals surface area contributed by atoms with Crippen LogP contribution in [0.15, 0.2) is 0 Å². The van der Waals surface area contributed by atoms with Crippen molar-refractivity contribution >= 4 is 17.4 Å². The summed E-state index contributed by atoms with van der Waals surface area (Å²) in [6.07, 6.45) is 0. The third kappa shape index (κ3) is 9.49. The molecule has 0 aliphatic heterocycles. The van der Waals surface area contributed by atoms with Gasteiger partial charge in [-0.05, 0) is 0 Å². The number of hydrogen-bond donors (Lipinski definition) is 0. The SMILES string of the molecule is [AlH3].[H-].[Li+].[Mn+2].[O-2]. The Morgan fingerprint density at radius 1 is 1.25 bits per heavy atom. The van der Waals surface area contributed by atoms with Crippen molar-refractivity contribution in [1.29, 1.82) is 0 Å². The molecule has 0 saturated heterocycles. The third-order valence-corrected chi connectivity index (χ3v) is 0. The number of rotatable bonds is 0. The zero-order chi connectivity index (χ0) is 0. The average molecular weight is 109 g/mol. The molecule has 0 aromatic rings. The molecule has 0 amide bonds. The molecule has 0 heterocycles. The minimum absolute atomic E-state index is 0. The van der Waals surface area contributed by atoms with Gasteiger partial charge in [0, 0.05) is 0 Å². The molecular formula is H4AlLiMnO. The smallest absolute Gasteiger partial charge is 2.00 e. The van der Waals surface area contributed by atoms with E-state index in [-0.39, 0.29) is 60.2 Å². The second-order valence-electron chi connectivity index (χ2n) is 0. The van der Waals surface area contributed by atoms with E-state index < -0.39 is 0 Å². The molecule has 0 aliphatic carbocycles. The maximum Gasteiger partial charge on any atom is 2.00 e. The minimum Gasteiger partial charge on any atom is -2.00 e. The first-order chi connectivity index (χ1) is 0. The van der Waals surface area contributed by atoms with Gasteiger partial charge < -0.3 is 6.90 Å². The first kappa shape index (κ1) is 46.0. The molecule has 1 radical (unpaired) electrons. The summed E-state index contributed by atoms with van der Waals surface area (Å²) in [7, 11) is 0. The summed E-state index contributed by atoms with van der Waals surface area (Å²) in [5.74, 6) is 0. The monoisotopic (exact) mass is 109 g/mol. The molecule has 0 N–H and O–H groups in total. The molecule has 0 fully saturated rings. The largest absolute Gasteiger partial charge is 2.00 e. The quantitative estimate of drug-likeness (QED) is 0.282. The summed E-state index contributed by atoms with van der Waals surface area (Å²) in [4.78, 5) is 0. The number of hydrogen-bond acceptors (Lipinski definition) is 0. The van der Waals surface area contributed by atoms with Crippen molar-refractivity contribution in [2.45, 2.75) is 0 Å². The van der Waals surface area contributed by atoms with Gasteiger partial charge in [-0.1, -0.05) is 0 Å². The molecule has 0 spiro atoms. The molecule has 0 atom stereocenters. The van der Waals surface area contributed by atoms with Crippen LogP contribution in [0, 0.1) is 0 Å². The van der Waals surface area contributed by atoms with Gasteiger partial charge in [-0.3, -0.25) is 0 Å². The van der Waals surface area contributed by atoms with E-state index in [1.165, 1.54) is 0 Å². The first-order valence-corrected chi connectivity index (χ1v) is 0. The molecule has 21 valence electrons. The van der Waals surface area contributed by atoms with Gasteiger partial charge in [0.1, 0.15) is 0 Å². The van der Waals surface area contributed by atoms with Crippen LogP contribution in [0.3, 0.4) is 0 Å². The molecule has 0 unspecified atom stereocenters. The Labute approximate surface area is 60.1 Å². The molecule has 0 aliphatic rings. The van der Waals surface area contributed by atoms with E-state index in [0.717, 1.165) is 0 Å². The van der Waals surface area contributed by atoms with Crippen molar-refractivity contribution in [3.63, 3.8) is 0 Å². The third-order valence-electron chi connectivity index (χ3n) is 0. The van der Waals surface area contributed by atoms with Gasteiger partial charge in [0.05, 0.1) is 0 Å². The van der Waals surface area contributed by atoms with Gasteiger partial charge in [0.25, 0.3) is 0 Å². The van der Waals surface area contributed by atoms with Crippen LogP contribution in [-0.2, 0) is 22.5 Å². The van der Waals surface area contributed by atoms with Crippen LogP contribution < -0.4 is 18.9 Å². The van der Waals surface area contributed by atoms with E-state index in [2.05, 4.69) is 0 Å². The van der Waals surface area contributed by atoms with Crippen LogP contribution in [0.25, 0.3) is 0 Å². The average Bonchev–Trinajstić information content (AvgIpc) is 0. The predicted molar refractivity (Wildman–Crippen MR) is 11.7 cm³/mol. The molecule has 0 aromatic carbocycles. The fraction of sp³-hybridized carbons (Fsp3) is 0. The summed E-state index contributed by atoms with van der Waals surface area (Å²) in [5, 5.41) is 0. The normalized spacial score (nSPS) is 0. The Kier molecular flexibility index (Phi) is 267. The van der Waals surface area contributed by atoms with E-state index in [1.54, 1.807) is 0 Å². The Morgan fingerprint density at radius 3 is 1.25 bits per heavy atom. The van der Waals surface area contributed by atoms with Gasteiger partial charge in [-0.25, -0.2) is 0 Å². The van der Waals surface area contributed by atoms with E-state index >= 15 is 0 Å². The molecule has 0 bridgehead atoms. The van der Waals surface area contributed by atoms with Gasteiger partial charge in [-0.2, -0.15) is 0 Å². The summed E-state index contributed by atoms with van der Waals surface area (Å²) >= 11 is 0. The second-order valence-corrected chi connectivity index (χ2v) is 0. The van der Waals surface area contributed by atoms with Crippen molar-refractivity contribution in [2.24, 2.45) is 0 Å². The van der Waals surface area contributed by atoms with Crippen molar-refractivity contribution in [1.82, 2.24) is 0 Å². The zero-order valence-electron chi connectivity index (χ0n) is 2.79. The van der Waals surface area contributed by atoms with E-state index in [9.17, 15) is 0 Å². The van der Waals surface area contributed by atoms with Crippen molar-refractivity contribution in [3.8, 4) is 0 Å². The van der Waals surface area contributed by atoms with E-state index in [1.807, 2.05) is 0 Å². The standard InChI is InChI=1S/Al.Li.Mn.O.4H/q;+1;+2;-2;;;;-1. The van der Waals surface area contributed by atoms with Gasteiger partial charge in [0.15, 0.2) is 17.4 Å². The fourth-order valence-corrected chi connectivity index (χ4v) is 0. The molecule has 0 aromatic heterocycles. The topological polar surface area (TPSA) is 28.5 Å². The minimum atomic E-state index is 0. The zero-order valence-corrected chi connectivity index (χ0v) is 2.97. The van der Waals surface area contributed by atoms with Crippen LogP contribution in [0.2, 0.25) is 0 Å². The van der Waals surface area contributed by atoms with Crippen LogP contribution in [0.4, 0.5) is 0 Å². The summed E-state index contributed by atoms with van der Waals surface area (Å²) in [6, 6.07) is 0. The molecule has 0 rings (SSSR count). The Bertz CT molecular complexity index is 11.6. The van der Waals surface area contributed by atoms with Gasteiger partial charge in [-0.15, -0.1) is 0 Å². The van der Waals surface area contributed by atoms with E-state index in [4.69, 9.17) is 0 Å². The summed E-state index contributed by atoms with van der Waals surface area (Å²) in [5.41, 5.74) is 0. The van der Waals surface area contributed by atoms with Crippen molar-refractivity contribution < 1.29 is 42.8 Å². The van der Waals surface area contributed by atoms with Crippen LogP contribution in [0.5, 0.6) is 0 Å². The second kappa shape index (κ2) is 23.2. The Balaban J connectivity index is 0. The molecule has 4 heteroatoms.